The molecule has 28 heavy (non-hydrogen) atoms. The molecule has 1 amide bonds. The largest absolute Gasteiger partial charge is 0.493 e. The van der Waals surface area contributed by atoms with E-state index < -0.39 is 0 Å². The molecule has 2 aliphatic heterocycles. The van der Waals surface area contributed by atoms with Crippen LogP contribution >= 0.6 is 0 Å². The number of likely N-dealkylation sites (tertiary alicyclic amines) is 1. The van der Waals surface area contributed by atoms with Crippen molar-refractivity contribution in [2.45, 2.75) is 25.1 Å². The molecule has 8 heteroatoms. The number of rotatable bonds is 7. The quantitative estimate of drug-likeness (QED) is 0.767. The van der Waals surface area contributed by atoms with Gasteiger partial charge in [0.2, 0.25) is 5.91 Å². The van der Waals surface area contributed by atoms with Crippen LogP contribution < -0.4 is 14.8 Å². The van der Waals surface area contributed by atoms with Crippen molar-refractivity contribution < 1.29 is 19.0 Å². The van der Waals surface area contributed by atoms with E-state index in [1.165, 1.54) is 0 Å². The second-order valence-electron chi connectivity index (χ2n) is 7.31. The van der Waals surface area contributed by atoms with Crippen LogP contribution in [0.5, 0.6) is 11.5 Å². The average Bonchev–Trinajstić information content (AvgIpc) is 3.36. The molecule has 1 aromatic heterocycles. The Balaban J connectivity index is 1.41. The summed E-state index contributed by atoms with van der Waals surface area (Å²) in [5, 5.41) is 2.93. The minimum atomic E-state index is -0.269. The number of aromatic nitrogens is 2. The van der Waals surface area contributed by atoms with Crippen LogP contribution in [0.15, 0.2) is 36.9 Å². The first-order valence-corrected chi connectivity index (χ1v) is 9.55. The Morgan fingerprint density at radius 3 is 3.07 bits per heavy atom. The van der Waals surface area contributed by atoms with E-state index in [0.717, 1.165) is 49.7 Å². The highest BCUT2D eigenvalue weighted by Crippen LogP contribution is 2.34. The number of hydrogen-bond donors (Lipinski definition) is 1. The smallest absolute Gasteiger partial charge is 0.246 e. The van der Waals surface area contributed by atoms with Crippen molar-refractivity contribution in [3.8, 4) is 11.5 Å². The molecule has 2 fully saturated rings. The van der Waals surface area contributed by atoms with E-state index in [1.807, 2.05) is 22.9 Å². The summed E-state index contributed by atoms with van der Waals surface area (Å²) in [5.41, 5.74) is 0.816. The van der Waals surface area contributed by atoms with Gasteiger partial charge < -0.3 is 24.1 Å². The van der Waals surface area contributed by atoms with Crippen molar-refractivity contribution in [2.75, 3.05) is 40.0 Å². The molecule has 1 spiro atoms. The SMILES string of the molecule is COc1cccc(CN2CCC3(CNC(=O)CO3)C2)c1OCCn1ccnc1. The Labute approximate surface area is 164 Å². The van der Waals surface area contributed by atoms with E-state index in [9.17, 15) is 4.79 Å². The standard InChI is InChI=1S/C20H26N4O4/c1-26-17-4-2-3-16(19(17)27-10-9-23-8-6-21-15-23)11-24-7-5-20(14-24)13-22-18(25)12-28-20/h2-4,6,8,15H,5,7,9-14H2,1H3,(H,22,25). The maximum Gasteiger partial charge on any atom is 0.246 e. The van der Waals surface area contributed by atoms with Gasteiger partial charge in [-0.05, 0) is 12.5 Å². The van der Waals surface area contributed by atoms with E-state index in [-0.39, 0.29) is 18.1 Å². The van der Waals surface area contributed by atoms with E-state index in [4.69, 9.17) is 14.2 Å². The number of benzene rings is 1. The molecule has 0 aliphatic carbocycles. The van der Waals surface area contributed by atoms with Gasteiger partial charge in [-0.2, -0.15) is 0 Å². The molecule has 0 bridgehead atoms. The molecule has 150 valence electrons. The fraction of sp³-hybridized carbons (Fsp3) is 0.500. The Hall–Kier alpha value is -2.58. The molecule has 8 nitrogen and oxygen atoms in total. The first-order valence-electron chi connectivity index (χ1n) is 9.55. The summed E-state index contributed by atoms with van der Waals surface area (Å²) < 4.78 is 19.5. The van der Waals surface area contributed by atoms with E-state index in [0.29, 0.717) is 13.2 Å². The highest BCUT2D eigenvalue weighted by molar-refractivity contribution is 5.78. The van der Waals surface area contributed by atoms with Gasteiger partial charge in [-0.1, -0.05) is 12.1 Å². The number of imidazole rings is 1. The van der Waals surface area contributed by atoms with Crippen LogP contribution in [0.2, 0.25) is 0 Å². The molecule has 4 rings (SSSR count). The van der Waals surface area contributed by atoms with Crippen molar-refractivity contribution in [1.29, 1.82) is 0 Å². The van der Waals surface area contributed by atoms with Gasteiger partial charge in [0.15, 0.2) is 11.5 Å². The van der Waals surface area contributed by atoms with Crippen LogP contribution in [0.3, 0.4) is 0 Å². The Bertz CT molecular complexity index is 799. The van der Waals surface area contributed by atoms with Gasteiger partial charge in [-0.3, -0.25) is 9.69 Å². The molecular weight excluding hydrogens is 360 g/mol. The summed E-state index contributed by atoms with van der Waals surface area (Å²) in [7, 11) is 1.66. The zero-order valence-electron chi connectivity index (χ0n) is 16.1. The van der Waals surface area contributed by atoms with E-state index >= 15 is 0 Å². The van der Waals surface area contributed by atoms with E-state index in [2.05, 4.69) is 21.3 Å². The van der Waals surface area contributed by atoms with Crippen LogP contribution in [0.1, 0.15) is 12.0 Å². The van der Waals surface area contributed by atoms with E-state index in [1.54, 1.807) is 19.6 Å². The summed E-state index contributed by atoms with van der Waals surface area (Å²) in [5.74, 6) is 1.48. The summed E-state index contributed by atoms with van der Waals surface area (Å²) in [4.78, 5) is 17.8. The lowest BCUT2D eigenvalue weighted by molar-refractivity contribution is -0.142. The van der Waals surface area contributed by atoms with Crippen LogP contribution in [-0.2, 0) is 22.6 Å². The minimum Gasteiger partial charge on any atom is -0.493 e. The molecule has 3 heterocycles. The third-order valence-electron chi connectivity index (χ3n) is 5.34. The lowest BCUT2D eigenvalue weighted by Gasteiger charge is -2.33. The molecule has 2 aliphatic rings. The predicted molar refractivity (Wildman–Crippen MR) is 102 cm³/mol. The molecule has 1 unspecified atom stereocenters. The highest BCUT2D eigenvalue weighted by atomic mass is 16.5. The summed E-state index contributed by atoms with van der Waals surface area (Å²) in [6.07, 6.45) is 6.36. The number of ether oxygens (including phenoxy) is 3. The molecule has 0 radical (unpaired) electrons. The van der Waals surface area contributed by atoms with Crippen LogP contribution in [0.25, 0.3) is 0 Å². The number of nitrogens with one attached hydrogen (secondary N) is 1. The van der Waals surface area contributed by atoms with Crippen LogP contribution in [0.4, 0.5) is 0 Å². The number of para-hydroxylation sites is 1. The van der Waals surface area contributed by atoms with Crippen LogP contribution in [-0.4, -0.2) is 65.9 Å². The zero-order chi connectivity index (χ0) is 19.4. The Morgan fingerprint density at radius 2 is 2.32 bits per heavy atom. The first-order chi connectivity index (χ1) is 13.7. The molecule has 1 N–H and O–H groups in total. The number of hydrogen-bond acceptors (Lipinski definition) is 6. The van der Waals surface area contributed by atoms with Crippen molar-refractivity contribution in [2.24, 2.45) is 0 Å². The molecule has 1 atom stereocenters. The second kappa shape index (κ2) is 8.20. The van der Waals surface area contributed by atoms with Gasteiger partial charge in [-0.15, -0.1) is 0 Å². The predicted octanol–water partition coefficient (Wildman–Crippen LogP) is 1.06. The van der Waals surface area contributed by atoms with Crippen LogP contribution in [0, 0.1) is 0 Å². The fourth-order valence-corrected chi connectivity index (χ4v) is 3.83. The number of methoxy groups -OCH3 is 1. The van der Waals surface area contributed by atoms with Crippen molar-refractivity contribution in [3.63, 3.8) is 0 Å². The molecule has 2 aromatic rings. The monoisotopic (exact) mass is 386 g/mol. The summed E-state index contributed by atoms with van der Waals surface area (Å²) in [6.45, 7) is 4.43. The van der Waals surface area contributed by atoms with Crippen molar-refractivity contribution in [1.82, 2.24) is 19.8 Å². The van der Waals surface area contributed by atoms with Gasteiger partial charge in [0.25, 0.3) is 0 Å². The minimum absolute atomic E-state index is 0.0366. The third-order valence-corrected chi connectivity index (χ3v) is 5.34. The van der Waals surface area contributed by atoms with Gasteiger partial charge in [0, 0.05) is 44.1 Å². The van der Waals surface area contributed by atoms with Crippen molar-refractivity contribution in [3.05, 3.63) is 42.5 Å². The normalized spacial score (nSPS) is 22.4. The Kier molecular flexibility index (Phi) is 5.50. The van der Waals surface area contributed by atoms with Gasteiger partial charge in [-0.25, -0.2) is 4.98 Å². The zero-order valence-corrected chi connectivity index (χ0v) is 16.1. The van der Waals surface area contributed by atoms with Gasteiger partial charge in [0.05, 0.1) is 25.6 Å². The number of amides is 1. The van der Waals surface area contributed by atoms with Gasteiger partial charge in [0.1, 0.15) is 13.2 Å². The Morgan fingerprint density at radius 1 is 1.39 bits per heavy atom. The number of morpholine rings is 1. The maximum absolute atomic E-state index is 11.4. The second-order valence-corrected chi connectivity index (χ2v) is 7.31. The highest BCUT2D eigenvalue weighted by Gasteiger charge is 2.42. The fourth-order valence-electron chi connectivity index (χ4n) is 3.83. The molecule has 2 saturated heterocycles. The molecule has 0 saturated carbocycles. The van der Waals surface area contributed by atoms with Gasteiger partial charge >= 0.3 is 0 Å². The summed E-state index contributed by atoms with van der Waals surface area (Å²) >= 11 is 0. The third kappa shape index (κ3) is 4.13. The number of nitrogens with zero attached hydrogens (tertiary/aromatic N) is 3. The molecular formula is C20H26N4O4. The molecule has 1 aromatic carbocycles. The number of carbonyl (C=O) groups excluding carboxylic acids is 1. The summed E-state index contributed by atoms with van der Waals surface area (Å²) in [6, 6.07) is 5.98. The topological polar surface area (TPSA) is 77.9 Å². The maximum atomic E-state index is 11.4. The lowest BCUT2D eigenvalue weighted by atomic mass is 10.0. The number of carbonyl (C=O) groups is 1. The average molecular weight is 386 g/mol. The first kappa shape index (κ1) is 18.8. The lowest BCUT2D eigenvalue weighted by Crippen LogP contribution is -2.53. The van der Waals surface area contributed by atoms with Crippen molar-refractivity contribution >= 4 is 5.91 Å².